The van der Waals surface area contributed by atoms with Crippen molar-refractivity contribution in [2.24, 2.45) is 5.92 Å². The number of nitrogens with one attached hydrogen (secondary N) is 1. The third-order valence-corrected chi connectivity index (χ3v) is 6.86. The van der Waals surface area contributed by atoms with Gasteiger partial charge >= 0.3 is 0 Å². The highest BCUT2D eigenvalue weighted by molar-refractivity contribution is 7.89. The van der Waals surface area contributed by atoms with Crippen LogP contribution in [0.4, 0.5) is 14.5 Å². The number of amides is 1. The molecule has 1 N–H and O–H groups in total. The molecule has 1 heterocycles. The topological polar surface area (TPSA) is 75.7 Å². The Morgan fingerprint density at radius 1 is 1.24 bits per heavy atom. The molecule has 1 amide bonds. The molecule has 0 unspecified atom stereocenters. The summed E-state index contributed by atoms with van der Waals surface area (Å²) in [7, 11) is -2.46. The highest BCUT2D eigenvalue weighted by Gasteiger charge is 2.34. The molecule has 29 heavy (non-hydrogen) atoms. The molecule has 10 heteroatoms. The predicted molar refractivity (Wildman–Crippen MR) is 104 cm³/mol. The molecule has 1 aliphatic heterocycles. The minimum Gasteiger partial charge on any atom is -0.495 e. The molecule has 156 valence electrons. The summed E-state index contributed by atoms with van der Waals surface area (Å²) < 4.78 is 59.2. The van der Waals surface area contributed by atoms with Crippen LogP contribution in [0.1, 0.15) is 12.8 Å². The zero-order valence-corrected chi connectivity index (χ0v) is 17.1. The van der Waals surface area contributed by atoms with Crippen LogP contribution in [0, 0.1) is 17.6 Å². The molecule has 1 atom stereocenters. The largest absolute Gasteiger partial charge is 0.495 e. The maximum absolute atomic E-state index is 13.8. The van der Waals surface area contributed by atoms with E-state index in [1.807, 2.05) is 0 Å². The Bertz CT molecular complexity index is 1030. The summed E-state index contributed by atoms with van der Waals surface area (Å²) in [5.74, 6) is -2.38. The molecule has 1 fully saturated rings. The van der Waals surface area contributed by atoms with E-state index in [-0.39, 0.29) is 28.7 Å². The van der Waals surface area contributed by atoms with E-state index < -0.39 is 33.5 Å². The van der Waals surface area contributed by atoms with Gasteiger partial charge in [0.1, 0.15) is 17.4 Å². The number of methoxy groups -OCH3 is 1. The van der Waals surface area contributed by atoms with Crippen molar-refractivity contribution in [2.45, 2.75) is 17.7 Å². The van der Waals surface area contributed by atoms with Crippen molar-refractivity contribution in [2.75, 3.05) is 25.5 Å². The first-order valence-electron chi connectivity index (χ1n) is 8.82. The van der Waals surface area contributed by atoms with Gasteiger partial charge in [0, 0.05) is 19.2 Å². The van der Waals surface area contributed by atoms with Crippen LogP contribution in [-0.4, -0.2) is 38.8 Å². The Morgan fingerprint density at radius 2 is 2.00 bits per heavy atom. The summed E-state index contributed by atoms with van der Waals surface area (Å²) in [6, 6.07) is 6.86. The number of piperidine rings is 1. The third-order valence-electron chi connectivity index (χ3n) is 4.70. The summed E-state index contributed by atoms with van der Waals surface area (Å²) in [5.41, 5.74) is -0.281. The van der Waals surface area contributed by atoms with E-state index in [1.54, 1.807) is 0 Å². The van der Waals surface area contributed by atoms with Crippen molar-refractivity contribution in [1.82, 2.24) is 4.31 Å². The Morgan fingerprint density at radius 3 is 2.69 bits per heavy atom. The fourth-order valence-electron chi connectivity index (χ4n) is 3.16. The lowest BCUT2D eigenvalue weighted by Crippen LogP contribution is -2.43. The van der Waals surface area contributed by atoms with Crippen LogP contribution in [0.15, 0.2) is 41.3 Å². The van der Waals surface area contributed by atoms with Gasteiger partial charge in [-0.05, 0) is 43.2 Å². The lowest BCUT2D eigenvalue weighted by Gasteiger charge is -2.31. The molecular weight excluding hydrogens is 426 g/mol. The number of benzene rings is 2. The van der Waals surface area contributed by atoms with Crippen molar-refractivity contribution in [1.29, 1.82) is 0 Å². The SMILES string of the molecule is COc1ccc(S(=O)(=O)N2CCC[C@H](C(=O)Nc3cc(F)ccc3F)C2)cc1Cl. The normalized spacial score (nSPS) is 17.7. The Labute approximate surface area is 172 Å². The molecule has 1 saturated heterocycles. The van der Waals surface area contributed by atoms with Gasteiger partial charge < -0.3 is 10.1 Å². The van der Waals surface area contributed by atoms with Gasteiger partial charge in [-0.2, -0.15) is 4.31 Å². The monoisotopic (exact) mass is 444 g/mol. The number of halogens is 3. The molecule has 6 nitrogen and oxygen atoms in total. The van der Waals surface area contributed by atoms with E-state index in [9.17, 15) is 22.0 Å². The van der Waals surface area contributed by atoms with Gasteiger partial charge in [0.25, 0.3) is 0 Å². The number of anilines is 1. The molecule has 0 aromatic heterocycles. The molecule has 2 aromatic rings. The number of sulfonamides is 1. The zero-order chi connectivity index (χ0) is 21.2. The maximum Gasteiger partial charge on any atom is 0.243 e. The van der Waals surface area contributed by atoms with E-state index in [0.29, 0.717) is 18.6 Å². The number of hydrogen-bond donors (Lipinski definition) is 1. The van der Waals surface area contributed by atoms with Crippen LogP contribution in [0.3, 0.4) is 0 Å². The molecule has 3 rings (SSSR count). The van der Waals surface area contributed by atoms with Crippen LogP contribution in [0.25, 0.3) is 0 Å². The molecule has 0 spiro atoms. The van der Waals surface area contributed by atoms with Crippen LogP contribution in [-0.2, 0) is 14.8 Å². The number of rotatable bonds is 5. The smallest absolute Gasteiger partial charge is 0.243 e. The van der Waals surface area contributed by atoms with E-state index in [2.05, 4.69) is 5.32 Å². The Hall–Kier alpha value is -2.23. The first-order valence-corrected chi connectivity index (χ1v) is 10.6. The van der Waals surface area contributed by atoms with Gasteiger partial charge in [-0.3, -0.25) is 4.79 Å². The molecular formula is C19H19ClF2N2O4S. The minimum absolute atomic E-state index is 0.0134. The van der Waals surface area contributed by atoms with Crippen LogP contribution >= 0.6 is 11.6 Å². The maximum atomic E-state index is 13.8. The van der Waals surface area contributed by atoms with Crippen molar-refractivity contribution in [3.05, 3.63) is 53.1 Å². The predicted octanol–water partition coefficient (Wildman–Crippen LogP) is 3.67. The van der Waals surface area contributed by atoms with Crippen LogP contribution < -0.4 is 10.1 Å². The van der Waals surface area contributed by atoms with E-state index in [0.717, 1.165) is 18.2 Å². The summed E-state index contributed by atoms with van der Waals surface area (Å²) in [6.45, 7) is 0.166. The highest BCUT2D eigenvalue weighted by Crippen LogP contribution is 2.30. The first-order chi connectivity index (χ1) is 13.7. The van der Waals surface area contributed by atoms with Crippen molar-refractivity contribution >= 4 is 33.2 Å². The second kappa shape index (κ2) is 8.64. The summed E-state index contributed by atoms with van der Waals surface area (Å²) >= 11 is 6.03. The second-order valence-corrected chi connectivity index (χ2v) is 8.96. The first kappa shape index (κ1) is 21.5. The Kier molecular flexibility index (Phi) is 6.40. The minimum atomic E-state index is -3.88. The number of nitrogens with zero attached hydrogens (tertiary/aromatic N) is 1. The summed E-state index contributed by atoms with van der Waals surface area (Å²) in [5, 5.41) is 2.50. The summed E-state index contributed by atoms with van der Waals surface area (Å²) in [4.78, 5) is 12.5. The van der Waals surface area contributed by atoms with E-state index in [4.69, 9.17) is 16.3 Å². The molecule has 0 radical (unpaired) electrons. The molecule has 2 aromatic carbocycles. The zero-order valence-electron chi connectivity index (χ0n) is 15.5. The molecule has 0 aliphatic carbocycles. The van der Waals surface area contributed by atoms with Gasteiger partial charge in [-0.1, -0.05) is 11.6 Å². The fourth-order valence-corrected chi connectivity index (χ4v) is 5.03. The molecule has 0 saturated carbocycles. The average molecular weight is 445 g/mol. The quantitative estimate of drug-likeness (QED) is 0.763. The van der Waals surface area contributed by atoms with E-state index in [1.165, 1.54) is 29.6 Å². The van der Waals surface area contributed by atoms with Gasteiger partial charge in [-0.15, -0.1) is 0 Å². The van der Waals surface area contributed by atoms with Crippen molar-refractivity contribution in [3.63, 3.8) is 0 Å². The molecule has 1 aliphatic rings. The molecule has 0 bridgehead atoms. The number of carbonyl (C=O) groups is 1. The number of carbonyl (C=O) groups excluding carboxylic acids is 1. The standard InChI is InChI=1S/C19H19ClF2N2O4S/c1-28-18-7-5-14(10-15(18)20)29(26,27)24-8-2-3-12(11-24)19(25)23-17-9-13(21)4-6-16(17)22/h4-7,9-10,12H,2-3,8,11H2,1H3,(H,23,25)/t12-/m0/s1. The van der Waals surface area contributed by atoms with E-state index >= 15 is 0 Å². The van der Waals surface area contributed by atoms with Gasteiger partial charge in [-0.25, -0.2) is 17.2 Å². The van der Waals surface area contributed by atoms with Gasteiger partial charge in [0.2, 0.25) is 15.9 Å². The average Bonchev–Trinajstić information content (AvgIpc) is 2.70. The fraction of sp³-hybridized carbons (Fsp3) is 0.316. The highest BCUT2D eigenvalue weighted by atomic mass is 35.5. The summed E-state index contributed by atoms with van der Waals surface area (Å²) in [6.07, 6.45) is 0.880. The van der Waals surface area contributed by atoms with Gasteiger partial charge in [0.15, 0.2) is 0 Å². The van der Waals surface area contributed by atoms with Gasteiger partial charge in [0.05, 0.1) is 28.6 Å². The number of hydrogen-bond acceptors (Lipinski definition) is 4. The lowest BCUT2D eigenvalue weighted by atomic mass is 9.98. The lowest BCUT2D eigenvalue weighted by molar-refractivity contribution is -0.120. The Balaban J connectivity index is 1.76. The second-order valence-electron chi connectivity index (χ2n) is 6.61. The number of ether oxygens (including phenoxy) is 1. The van der Waals surface area contributed by atoms with Crippen molar-refractivity contribution in [3.8, 4) is 5.75 Å². The van der Waals surface area contributed by atoms with Crippen molar-refractivity contribution < 1.29 is 26.7 Å². The van der Waals surface area contributed by atoms with Crippen LogP contribution in [0.5, 0.6) is 5.75 Å². The van der Waals surface area contributed by atoms with Crippen LogP contribution in [0.2, 0.25) is 5.02 Å². The third kappa shape index (κ3) is 4.68.